The summed E-state index contributed by atoms with van der Waals surface area (Å²) in [6, 6.07) is 12.5. The van der Waals surface area contributed by atoms with Gasteiger partial charge in [-0.05, 0) is 36.8 Å². The molecule has 2 N–H and O–H groups in total. The molecule has 2 rings (SSSR count). The highest BCUT2D eigenvalue weighted by molar-refractivity contribution is 9.10. The first-order valence-electron chi connectivity index (χ1n) is 5.32. The van der Waals surface area contributed by atoms with Crippen LogP contribution in [0.3, 0.4) is 0 Å². The summed E-state index contributed by atoms with van der Waals surface area (Å²) in [4.78, 5) is 0. The van der Waals surface area contributed by atoms with Gasteiger partial charge in [0.05, 0.1) is 0 Å². The van der Waals surface area contributed by atoms with Crippen LogP contribution < -0.4 is 5.73 Å². The average Bonchev–Trinajstić information content (AvgIpc) is 2.69. The lowest BCUT2D eigenvalue weighted by Gasteiger charge is -2.12. The van der Waals surface area contributed by atoms with Crippen molar-refractivity contribution in [1.82, 2.24) is 4.57 Å². The molecule has 1 aromatic heterocycles. The third-order valence-corrected chi connectivity index (χ3v) is 3.13. The Kier molecular flexibility index (Phi) is 3.46. The van der Waals surface area contributed by atoms with E-state index in [1.54, 1.807) is 0 Å². The number of nitrogens with two attached hydrogens (primary N) is 1. The zero-order valence-electron chi connectivity index (χ0n) is 9.23. The smallest absolute Gasteiger partial charge is 0.0473 e. The van der Waals surface area contributed by atoms with Crippen molar-refractivity contribution in [3.63, 3.8) is 0 Å². The van der Waals surface area contributed by atoms with Gasteiger partial charge >= 0.3 is 0 Å². The topological polar surface area (TPSA) is 30.9 Å². The molecule has 0 saturated carbocycles. The molecule has 3 heteroatoms. The van der Waals surface area contributed by atoms with E-state index >= 15 is 0 Å². The summed E-state index contributed by atoms with van der Waals surface area (Å²) in [6.45, 7) is 2.88. The van der Waals surface area contributed by atoms with Crippen LogP contribution in [0.4, 0.5) is 0 Å². The zero-order chi connectivity index (χ0) is 11.5. The van der Waals surface area contributed by atoms with E-state index in [4.69, 9.17) is 5.73 Å². The summed E-state index contributed by atoms with van der Waals surface area (Å²) in [5.74, 6) is 0. The average molecular weight is 279 g/mol. The first kappa shape index (κ1) is 11.4. The molecule has 0 radical (unpaired) electrons. The minimum Gasteiger partial charge on any atom is -0.346 e. The number of benzene rings is 1. The second-order valence-corrected chi connectivity index (χ2v) is 4.89. The molecule has 1 heterocycles. The van der Waals surface area contributed by atoms with Crippen LogP contribution in [0.15, 0.2) is 47.1 Å². The van der Waals surface area contributed by atoms with Crippen molar-refractivity contribution in [2.45, 2.75) is 19.5 Å². The maximum Gasteiger partial charge on any atom is 0.0473 e. The predicted molar refractivity (Wildman–Crippen MR) is 70.3 cm³/mol. The molecule has 0 saturated heterocycles. The molecule has 0 aliphatic rings. The van der Waals surface area contributed by atoms with E-state index in [-0.39, 0.29) is 6.04 Å². The van der Waals surface area contributed by atoms with Gasteiger partial charge in [0, 0.05) is 29.0 Å². The van der Waals surface area contributed by atoms with Crippen LogP contribution in [0.25, 0.3) is 0 Å². The van der Waals surface area contributed by atoms with Crippen molar-refractivity contribution in [3.05, 3.63) is 58.3 Å². The molecule has 84 valence electrons. The number of hydrogen-bond acceptors (Lipinski definition) is 1. The Morgan fingerprint density at radius 2 is 1.94 bits per heavy atom. The lowest BCUT2D eigenvalue weighted by atomic mass is 10.2. The normalized spacial score (nSPS) is 12.7. The standard InChI is InChI=1S/C13H15BrN2/c1-10(15)13-3-2-8-16(13)9-11-4-6-12(14)7-5-11/h2-8,10H,9,15H2,1H3. The Balaban J connectivity index is 2.20. The molecule has 16 heavy (non-hydrogen) atoms. The van der Waals surface area contributed by atoms with Crippen LogP contribution >= 0.6 is 15.9 Å². The van der Waals surface area contributed by atoms with Crippen LogP contribution in [0.5, 0.6) is 0 Å². The predicted octanol–water partition coefficient (Wildman–Crippen LogP) is 3.32. The van der Waals surface area contributed by atoms with Gasteiger partial charge in [0.25, 0.3) is 0 Å². The van der Waals surface area contributed by atoms with E-state index < -0.39 is 0 Å². The van der Waals surface area contributed by atoms with Crippen LogP contribution in [0.1, 0.15) is 24.2 Å². The van der Waals surface area contributed by atoms with Crippen LogP contribution in [0.2, 0.25) is 0 Å². The number of aromatic nitrogens is 1. The largest absolute Gasteiger partial charge is 0.346 e. The fourth-order valence-corrected chi connectivity index (χ4v) is 2.04. The Hall–Kier alpha value is -1.06. The van der Waals surface area contributed by atoms with Crippen LogP contribution in [0, 0.1) is 0 Å². The Bertz CT molecular complexity index is 457. The Morgan fingerprint density at radius 1 is 1.25 bits per heavy atom. The van der Waals surface area contributed by atoms with Gasteiger partial charge in [0.15, 0.2) is 0 Å². The second kappa shape index (κ2) is 4.85. The molecule has 0 amide bonds. The van der Waals surface area contributed by atoms with Gasteiger partial charge in [0.1, 0.15) is 0 Å². The van der Waals surface area contributed by atoms with Crippen molar-refractivity contribution in [2.75, 3.05) is 0 Å². The van der Waals surface area contributed by atoms with E-state index in [9.17, 15) is 0 Å². The molecule has 2 nitrogen and oxygen atoms in total. The van der Waals surface area contributed by atoms with Gasteiger partial charge in [-0.2, -0.15) is 0 Å². The number of hydrogen-bond donors (Lipinski definition) is 1. The number of halogens is 1. The monoisotopic (exact) mass is 278 g/mol. The summed E-state index contributed by atoms with van der Waals surface area (Å²) in [5.41, 5.74) is 8.36. The minimum atomic E-state index is 0.0745. The second-order valence-electron chi connectivity index (χ2n) is 3.98. The quantitative estimate of drug-likeness (QED) is 0.918. The fourth-order valence-electron chi connectivity index (χ4n) is 1.77. The summed E-state index contributed by atoms with van der Waals surface area (Å²) in [5, 5.41) is 0. The third-order valence-electron chi connectivity index (χ3n) is 2.60. The maximum absolute atomic E-state index is 5.91. The highest BCUT2D eigenvalue weighted by Crippen LogP contribution is 2.15. The highest BCUT2D eigenvalue weighted by atomic mass is 79.9. The Morgan fingerprint density at radius 3 is 2.56 bits per heavy atom. The van der Waals surface area contributed by atoms with Crippen LogP contribution in [-0.4, -0.2) is 4.57 Å². The van der Waals surface area contributed by atoms with Crippen molar-refractivity contribution in [3.8, 4) is 0 Å². The zero-order valence-corrected chi connectivity index (χ0v) is 10.8. The van der Waals surface area contributed by atoms with Gasteiger partial charge in [-0.25, -0.2) is 0 Å². The highest BCUT2D eigenvalue weighted by Gasteiger charge is 2.05. The van der Waals surface area contributed by atoms with Crippen molar-refractivity contribution >= 4 is 15.9 Å². The van der Waals surface area contributed by atoms with Gasteiger partial charge in [-0.3, -0.25) is 0 Å². The number of rotatable bonds is 3. The van der Waals surface area contributed by atoms with Gasteiger partial charge in [0.2, 0.25) is 0 Å². The van der Waals surface area contributed by atoms with E-state index in [1.165, 1.54) is 11.3 Å². The summed E-state index contributed by atoms with van der Waals surface area (Å²) in [7, 11) is 0. The molecule has 1 aromatic carbocycles. The van der Waals surface area contributed by atoms with Gasteiger partial charge in [-0.1, -0.05) is 28.1 Å². The van der Waals surface area contributed by atoms with E-state index in [1.807, 2.05) is 13.0 Å². The lowest BCUT2D eigenvalue weighted by Crippen LogP contribution is -2.12. The molecule has 0 aliphatic carbocycles. The summed E-state index contributed by atoms with van der Waals surface area (Å²) >= 11 is 3.43. The molecule has 1 unspecified atom stereocenters. The van der Waals surface area contributed by atoms with E-state index in [2.05, 4.69) is 57.0 Å². The van der Waals surface area contributed by atoms with Crippen LogP contribution in [-0.2, 0) is 6.54 Å². The molecule has 0 aliphatic heterocycles. The third kappa shape index (κ3) is 2.54. The SMILES string of the molecule is CC(N)c1cccn1Cc1ccc(Br)cc1. The number of nitrogens with zero attached hydrogens (tertiary/aromatic N) is 1. The molecule has 0 spiro atoms. The fraction of sp³-hybridized carbons (Fsp3) is 0.231. The Labute approximate surface area is 104 Å². The van der Waals surface area contributed by atoms with E-state index in [0.717, 1.165) is 11.0 Å². The lowest BCUT2D eigenvalue weighted by molar-refractivity contribution is 0.675. The summed E-state index contributed by atoms with van der Waals surface area (Å²) < 4.78 is 3.30. The molecule has 2 aromatic rings. The van der Waals surface area contributed by atoms with Gasteiger partial charge < -0.3 is 10.3 Å². The van der Waals surface area contributed by atoms with Crippen molar-refractivity contribution in [2.24, 2.45) is 5.73 Å². The van der Waals surface area contributed by atoms with Gasteiger partial charge in [-0.15, -0.1) is 0 Å². The molecular weight excluding hydrogens is 264 g/mol. The van der Waals surface area contributed by atoms with Crippen molar-refractivity contribution < 1.29 is 0 Å². The van der Waals surface area contributed by atoms with Crippen molar-refractivity contribution in [1.29, 1.82) is 0 Å². The summed E-state index contributed by atoms with van der Waals surface area (Å²) in [6.07, 6.45) is 2.07. The maximum atomic E-state index is 5.91. The minimum absolute atomic E-state index is 0.0745. The molecule has 0 fully saturated rings. The first-order valence-corrected chi connectivity index (χ1v) is 6.11. The first-order chi connectivity index (χ1) is 7.66. The molecule has 1 atom stereocenters. The molecular formula is C13H15BrN2. The molecule has 0 bridgehead atoms. The van der Waals surface area contributed by atoms with E-state index in [0.29, 0.717) is 0 Å².